The molecule has 96 valence electrons. The van der Waals surface area contributed by atoms with Crippen molar-refractivity contribution < 1.29 is 9.59 Å². The van der Waals surface area contributed by atoms with Crippen molar-refractivity contribution in [3.63, 3.8) is 0 Å². The highest BCUT2D eigenvalue weighted by atomic mass is 16.2. The van der Waals surface area contributed by atoms with Gasteiger partial charge in [-0.1, -0.05) is 18.2 Å². The van der Waals surface area contributed by atoms with E-state index < -0.39 is 0 Å². The molecule has 0 unspecified atom stereocenters. The number of allylic oxidation sites excluding steroid dienone is 2. The second-order valence-corrected chi connectivity index (χ2v) is 5.65. The highest BCUT2D eigenvalue weighted by Gasteiger charge is 2.59. The van der Waals surface area contributed by atoms with E-state index >= 15 is 0 Å². The third-order valence-electron chi connectivity index (χ3n) is 4.57. The Morgan fingerprint density at radius 2 is 1.74 bits per heavy atom. The number of aryl methyl sites for hydroxylation is 1. The third-order valence-corrected chi connectivity index (χ3v) is 4.57. The molecular formula is C15H14N2O2. The SMILES string of the molecule is Cc1cccc(N2C(=O)[C@@H]3[C@H](C2=O)[C@@H]2C=C[C@H]3C2)n1. The van der Waals surface area contributed by atoms with E-state index in [4.69, 9.17) is 0 Å². The zero-order chi connectivity index (χ0) is 13.1. The quantitative estimate of drug-likeness (QED) is 0.566. The number of fused-ring (bicyclic) bond motifs is 5. The molecule has 1 aliphatic heterocycles. The molecule has 4 rings (SSSR count). The lowest BCUT2D eigenvalue weighted by molar-refractivity contribution is -0.123. The number of aromatic nitrogens is 1. The molecule has 0 radical (unpaired) electrons. The van der Waals surface area contributed by atoms with Gasteiger partial charge in [0.25, 0.3) is 0 Å². The Bertz CT molecular complexity index is 592. The zero-order valence-electron chi connectivity index (χ0n) is 10.6. The first-order valence-electron chi connectivity index (χ1n) is 6.66. The highest BCUT2D eigenvalue weighted by molar-refractivity contribution is 6.22. The normalized spacial score (nSPS) is 35.3. The highest BCUT2D eigenvalue weighted by Crippen LogP contribution is 2.52. The summed E-state index contributed by atoms with van der Waals surface area (Å²) < 4.78 is 0. The number of imide groups is 1. The predicted octanol–water partition coefficient (Wildman–Crippen LogP) is 1.70. The smallest absolute Gasteiger partial charge is 0.239 e. The minimum atomic E-state index is -0.148. The van der Waals surface area contributed by atoms with E-state index in [1.165, 1.54) is 4.90 Å². The molecule has 1 aromatic rings. The molecule has 4 nitrogen and oxygen atoms in total. The number of rotatable bonds is 1. The van der Waals surface area contributed by atoms with Crippen LogP contribution in [0.3, 0.4) is 0 Å². The first-order chi connectivity index (χ1) is 9.16. The molecule has 0 N–H and O–H groups in total. The van der Waals surface area contributed by atoms with Gasteiger partial charge in [-0.05, 0) is 37.3 Å². The molecule has 3 aliphatic rings. The van der Waals surface area contributed by atoms with Crippen molar-refractivity contribution in [2.24, 2.45) is 23.7 Å². The number of carbonyl (C=O) groups excluding carboxylic acids is 2. The van der Waals surface area contributed by atoms with E-state index in [1.807, 2.05) is 19.1 Å². The fourth-order valence-electron chi connectivity index (χ4n) is 3.78. The van der Waals surface area contributed by atoms with Crippen LogP contribution in [0.25, 0.3) is 0 Å². The lowest BCUT2D eigenvalue weighted by Gasteiger charge is -2.16. The maximum Gasteiger partial charge on any atom is 0.239 e. The molecule has 4 heteroatoms. The minimum absolute atomic E-state index is 0.0649. The molecule has 2 amide bonds. The predicted molar refractivity (Wildman–Crippen MR) is 69.2 cm³/mol. The van der Waals surface area contributed by atoms with Crippen molar-refractivity contribution in [2.45, 2.75) is 13.3 Å². The van der Waals surface area contributed by atoms with Gasteiger partial charge in [-0.25, -0.2) is 9.88 Å². The van der Waals surface area contributed by atoms with Gasteiger partial charge >= 0.3 is 0 Å². The molecule has 19 heavy (non-hydrogen) atoms. The van der Waals surface area contributed by atoms with Crippen molar-refractivity contribution in [3.05, 3.63) is 36.0 Å². The molecule has 1 saturated heterocycles. The van der Waals surface area contributed by atoms with Gasteiger partial charge in [-0.3, -0.25) is 9.59 Å². The second-order valence-electron chi connectivity index (χ2n) is 5.65. The van der Waals surface area contributed by atoms with E-state index in [0.717, 1.165) is 12.1 Å². The molecule has 2 aliphatic carbocycles. The summed E-state index contributed by atoms with van der Waals surface area (Å²) in [7, 11) is 0. The fraction of sp³-hybridized carbons (Fsp3) is 0.400. The summed E-state index contributed by atoms with van der Waals surface area (Å²) >= 11 is 0. The van der Waals surface area contributed by atoms with Gasteiger partial charge in [-0.15, -0.1) is 0 Å². The minimum Gasteiger partial charge on any atom is -0.274 e. The summed E-state index contributed by atoms with van der Waals surface area (Å²) in [4.78, 5) is 30.7. The summed E-state index contributed by atoms with van der Waals surface area (Å²) in [6, 6.07) is 5.43. The van der Waals surface area contributed by atoms with Gasteiger partial charge in [0.1, 0.15) is 5.82 Å². The fourth-order valence-corrected chi connectivity index (χ4v) is 3.78. The summed E-state index contributed by atoms with van der Waals surface area (Å²) in [5, 5.41) is 0. The van der Waals surface area contributed by atoms with E-state index in [2.05, 4.69) is 17.1 Å². The molecule has 0 aromatic carbocycles. The van der Waals surface area contributed by atoms with Crippen LogP contribution in [0.4, 0.5) is 5.82 Å². The molecular weight excluding hydrogens is 240 g/mol. The number of amides is 2. The molecule has 1 aromatic heterocycles. The topological polar surface area (TPSA) is 50.3 Å². The lowest BCUT2D eigenvalue weighted by Crippen LogP contribution is -2.33. The maximum atomic E-state index is 12.5. The van der Waals surface area contributed by atoms with Crippen LogP contribution in [0.2, 0.25) is 0 Å². The Labute approximate surface area is 111 Å². The Balaban J connectivity index is 1.77. The van der Waals surface area contributed by atoms with Gasteiger partial charge in [0.05, 0.1) is 11.8 Å². The van der Waals surface area contributed by atoms with Crippen molar-refractivity contribution in [1.82, 2.24) is 4.98 Å². The summed E-state index contributed by atoms with van der Waals surface area (Å²) in [6.45, 7) is 1.86. The molecule has 2 heterocycles. The largest absolute Gasteiger partial charge is 0.274 e. The van der Waals surface area contributed by atoms with Crippen LogP contribution < -0.4 is 4.90 Å². The number of pyridine rings is 1. The lowest BCUT2D eigenvalue weighted by atomic mass is 9.85. The molecule has 1 saturated carbocycles. The van der Waals surface area contributed by atoms with Crippen LogP contribution in [0.5, 0.6) is 0 Å². The zero-order valence-corrected chi connectivity index (χ0v) is 10.6. The number of hydrogen-bond donors (Lipinski definition) is 0. The van der Waals surface area contributed by atoms with Crippen molar-refractivity contribution >= 4 is 17.6 Å². The van der Waals surface area contributed by atoms with Crippen molar-refractivity contribution in [2.75, 3.05) is 4.90 Å². The summed E-state index contributed by atoms with van der Waals surface area (Å²) in [5.41, 5.74) is 0.816. The van der Waals surface area contributed by atoms with Crippen LogP contribution in [0.15, 0.2) is 30.4 Å². The molecule has 4 atom stereocenters. The van der Waals surface area contributed by atoms with E-state index in [0.29, 0.717) is 5.82 Å². The number of hydrogen-bond acceptors (Lipinski definition) is 3. The molecule has 2 bridgehead atoms. The van der Waals surface area contributed by atoms with Crippen LogP contribution in [-0.4, -0.2) is 16.8 Å². The average Bonchev–Trinajstić information content (AvgIpc) is 3.04. The first-order valence-corrected chi connectivity index (χ1v) is 6.66. The van der Waals surface area contributed by atoms with Gasteiger partial charge < -0.3 is 0 Å². The molecule has 0 spiro atoms. The number of nitrogens with zero attached hydrogens (tertiary/aromatic N) is 2. The molecule has 2 fully saturated rings. The van der Waals surface area contributed by atoms with E-state index in [9.17, 15) is 9.59 Å². The Morgan fingerprint density at radius 1 is 1.11 bits per heavy atom. The van der Waals surface area contributed by atoms with Crippen molar-refractivity contribution in [1.29, 1.82) is 0 Å². The maximum absolute atomic E-state index is 12.5. The summed E-state index contributed by atoms with van der Waals surface area (Å²) in [6.07, 6.45) is 5.16. The Morgan fingerprint density at radius 3 is 2.32 bits per heavy atom. The summed E-state index contributed by atoms with van der Waals surface area (Å²) in [5.74, 6) is 0.552. The Hall–Kier alpha value is -1.97. The van der Waals surface area contributed by atoms with Crippen LogP contribution in [-0.2, 0) is 9.59 Å². The van der Waals surface area contributed by atoms with Crippen LogP contribution >= 0.6 is 0 Å². The van der Waals surface area contributed by atoms with Gasteiger partial charge in [0.2, 0.25) is 11.8 Å². The van der Waals surface area contributed by atoms with E-state index in [1.54, 1.807) is 6.07 Å². The van der Waals surface area contributed by atoms with Crippen LogP contribution in [0.1, 0.15) is 12.1 Å². The monoisotopic (exact) mass is 254 g/mol. The Kier molecular flexibility index (Phi) is 2.03. The average molecular weight is 254 g/mol. The second kappa shape index (κ2) is 3.53. The number of anilines is 1. The standard InChI is InChI=1S/C15H14N2O2/c1-8-3-2-4-11(16-8)17-14(18)12-9-5-6-10(7-9)13(12)15(17)19/h2-6,9-10,12-13H,7H2,1H3/t9-,10+,12-,13+. The van der Waals surface area contributed by atoms with Gasteiger partial charge in [0, 0.05) is 5.69 Å². The van der Waals surface area contributed by atoms with Crippen LogP contribution in [0, 0.1) is 30.6 Å². The first kappa shape index (κ1) is 10.9. The van der Waals surface area contributed by atoms with E-state index in [-0.39, 0.29) is 35.5 Å². The number of carbonyl (C=O) groups is 2. The van der Waals surface area contributed by atoms with Gasteiger partial charge in [-0.2, -0.15) is 0 Å². The third kappa shape index (κ3) is 1.31. The van der Waals surface area contributed by atoms with Crippen molar-refractivity contribution in [3.8, 4) is 0 Å². The van der Waals surface area contributed by atoms with Gasteiger partial charge in [0.15, 0.2) is 0 Å².